The van der Waals surface area contributed by atoms with Crippen molar-refractivity contribution in [3.05, 3.63) is 23.9 Å². The van der Waals surface area contributed by atoms with E-state index in [1.165, 1.54) is 19.4 Å². The summed E-state index contributed by atoms with van der Waals surface area (Å²) in [4.78, 5) is 11.5. The van der Waals surface area contributed by atoms with Gasteiger partial charge in [-0.25, -0.2) is 9.98 Å². The Labute approximate surface area is 138 Å². The summed E-state index contributed by atoms with van der Waals surface area (Å²) < 4.78 is 11.4. The summed E-state index contributed by atoms with van der Waals surface area (Å²) in [5, 5.41) is 0. The van der Waals surface area contributed by atoms with Gasteiger partial charge in [-0.3, -0.25) is 0 Å². The molecule has 3 heterocycles. The van der Waals surface area contributed by atoms with Crippen LogP contribution in [-0.4, -0.2) is 53.7 Å². The first-order chi connectivity index (χ1) is 11.0. The minimum absolute atomic E-state index is 0.142. The average molecular weight is 317 g/mol. The van der Waals surface area contributed by atoms with Crippen molar-refractivity contribution in [1.82, 2.24) is 9.88 Å². The van der Waals surface area contributed by atoms with Crippen LogP contribution in [0.5, 0.6) is 5.88 Å². The molecule has 0 spiro atoms. The summed E-state index contributed by atoms with van der Waals surface area (Å²) in [5.41, 5.74) is 0.769. The molecule has 2 aliphatic heterocycles. The first-order valence-electron chi connectivity index (χ1n) is 8.59. The van der Waals surface area contributed by atoms with Crippen molar-refractivity contribution in [2.75, 3.05) is 26.3 Å². The molecule has 23 heavy (non-hydrogen) atoms. The summed E-state index contributed by atoms with van der Waals surface area (Å²) in [6, 6.07) is 4.58. The minimum Gasteiger partial charge on any atom is -0.478 e. The Morgan fingerprint density at radius 1 is 1.39 bits per heavy atom. The zero-order chi connectivity index (χ0) is 16.3. The van der Waals surface area contributed by atoms with Crippen LogP contribution in [0.15, 0.2) is 23.3 Å². The predicted octanol–water partition coefficient (Wildman–Crippen LogP) is 2.89. The van der Waals surface area contributed by atoms with E-state index in [9.17, 15) is 0 Å². The molecule has 3 rings (SSSR count). The van der Waals surface area contributed by atoms with E-state index in [0.29, 0.717) is 25.0 Å². The normalized spacial score (nSPS) is 23.6. The lowest BCUT2D eigenvalue weighted by Gasteiger charge is -2.20. The van der Waals surface area contributed by atoms with Gasteiger partial charge in [0.2, 0.25) is 11.8 Å². The summed E-state index contributed by atoms with van der Waals surface area (Å²) in [6.07, 6.45) is 5.47. The number of hydrogen-bond donors (Lipinski definition) is 0. The van der Waals surface area contributed by atoms with Gasteiger partial charge in [0.05, 0.1) is 17.7 Å². The van der Waals surface area contributed by atoms with Gasteiger partial charge in [0.15, 0.2) is 0 Å². The van der Waals surface area contributed by atoms with E-state index in [4.69, 9.17) is 9.47 Å². The largest absolute Gasteiger partial charge is 0.478 e. The molecular formula is C18H27N3O2. The fraction of sp³-hybridized carbons (Fsp3) is 0.667. The lowest BCUT2D eigenvalue weighted by atomic mass is 10.1. The highest BCUT2D eigenvalue weighted by Crippen LogP contribution is 2.21. The second kappa shape index (κ2) is 6.87. The van der Waals surface area contributed by atoms with E-state index < -0.39 is 0 Å². The summed E-state index contributed by atoms with van der Waals surface area (Å²) >= 11 is 0. The molecule has 0 radical (unpaired) electrons. The van der Waals surface area contributed by atoms with Crippen molar-refractivity contribution >= 4 is 5.90 Å². The molecule has 1 unspecified atom stereocenters. The van der Waals surface area contributed by atoms with Gasteiger partial charge in [0.1, 0.15) is 6.61 Å². The SMILES string of the molecule is CC1CCCN1CCCOc1ccc(C2=NC(C)(C)CO2)cn1. The third kappa shape index (κ3) is 4.22. The van der Waals surface area contributed by atoms with Crippen molar-refractivity contribution in [3.63, 3.8) is 0 Å². The van der Waals surface area contributed by atoms with Crippen LogP contribution < -0.4 is 4.74 Å². The van der Waals surface area contributed by atoms with Crippen molar-refractivity contribution in [3.8, 4) is 5.88 Å². The number of rotatable bonds is 6. The van der Waals surface area contributed by atoms with E-state index in [2.05, 4.69) is 35.6 Å². The van der Waals surface area contributed by atoms with Gasteiger partial charge >= 0.3 is 0 Å². The molecule has 1 fully saturated rings. The molecule has 1 aromatic heterocycles. The lowest BCUT2D eigenvalue weighted by molar-refractivity contribution is 0.227. The number of pyridine rings is 1. The van der Waals surface area contributed by atoms with Gasteiger partial charge in [0.25, 0.3) is 0 Å². The topological polar surface area (TPSA) is 47.0 Å². The van der Waals surface area contributed by atoms with E-state index in [0.717, 1.165) is 24.6 Å². The van der Waals surface area contributed by atoms with Crippen LogP contribution in [0.2, 0.25) is 0 Å². The van der Waals surface area contributed by atoms with Crippen LogP contribution in [0.1, 0.15) is 45.6 Å². The number of aliphatic imine (C=N–C) groups is 1. The maximum atomic E-state index is 5.74. The molecule has 2 aliphatic rings. The highest BCUT2D eigenvalue weighted by molar-refractivity contribution is 5.95. The Bertz CT molecular complexity index is 554. The highest BCUT2D eigenvalue weighted by atomic mass is 16.5. The summed E-state index contributed by atoms with van der Waals surface area (Å²) in [7, 11) is 0. The van der Waals surface area contributed by atoms with E-state index in [-0.39, 0.29) is 5.54 Å². The number of hydrogen-bond acceptors (Lipinski definition) is 5. The van der Waals surface area contributed by atoms with Crippen molar-refractivity contribution in [1.29, 1.82) is 0 Å². The molecule has 0 bridgehead atoms. The van der Waals surface area contributed by atoms with Crippen LogP contribution in [-0.2, 0) is 4.74 Å². The molecule has 5 nitrogen and oxygen atoms in total. The van der Waals surface area contributed by atoms with Crippen LogP contribution in [0.25, 0.3) is 0 Å². The summed E-state index contributed by atoms with van der Waals surface area (Å²) in [5.74, 6) is 1.35. The number of likely N-dealkylation sites (tertiary alicyclic amines) is 1. The molecule has 5 heteroatoms. The molecule has 1 atom stereocenters. The van der Waals surface area contributed by atoms with Crippen LogP contribution >= 0.6 is 0 Å². The Morgan fingerprint density at radius 3 is 2.87 bits per heavy atom. The van der Waals surface area contributed by atoms with Gasteiger partial charge in [-0.05, 0) is 52.6 Å². The van der Waals surface area contributed by atoms with E-state index in [1.54, 1.807) is 6.20 Å². The second-order valence-electron chi connectivity index (χ2n) is 7.13. The molecule has 1 aromatic rings. The zero-order valence-corrected chi connectivity index (χ0v) is 14.4. The Hall–Kier alpha value is -1.62. The van der Waals surface area contributed by atoms with Crippen molar-refractivity contribution in [2.45, 2.75) is 51.6 Å². The minimum atomic E-state index is -0.142. The highest BCUT2D eigenvalue weighted by Gasteiger charge is 2.27. The predicted molar refractivity (Wildman–Crippen MR) is 91.2 cm³/mol. The van der Waals surface area contributed by atoms with Gasteiger partial charge in [0, 0.05) is 24.8 Å². The Morgan fingerprint density at radius 2 is 2.26 bits per heavy atom. The summed E-state index contributed by atoms with van der Waals surface area (Å²) in [6.45, 7) is 10.1. The van der Waals surface area contributed by atoms with Gasteiger partial charge in [-0.1, -0.05) is 0 Å². The third-order valence-electron chi connectivity index (χ3n) is 4.48. The van der Waals surface area contributed by atoms with Gasteiger partial charge < -0.3 is 14.4 Å². The number of ether oxygens (including phenoxy) is 2. The average Bonchev–Trinajstić information content (AvgIpc) is 3.10. The molecule has 0 amide bonds. The zero-order valence-electron chi connectivity index (χ0n) is 14.4. The first kappa shape index (κ1) is 16.2. The quantitative estimate of drug-likeness (QED) is 0.757. The van der Waals surface area contributed by atoms with E-state index in [1.807, 2.05) is 12.1 Å². The fourth-order valence-electron chi connectivity index (χ4n) is 3.09. The molecule has 0 aliphatic carbocycles. The molecule has 1 saturated heterocycles. The molecule has 0 aromatic carbocycles. The first-order valence-corrected chi connectivity index (χ1v) is 8.59. The molecule has 0 N–H and O–H groups in total. The standard InChI is InChI=1S/C18H27N3O2/c1-14-6-4-9-21(14)10-5-11-22-16-8-7-15(12-19-16)17-20-18(2,3)13-23-17/h7-8,12,14H,4-6,9-11,13H2,1-3H3. The Balaban J connectivity index is 1.45. The maximum absolute atomic E-state index is 5.74. The van der Waals surface area contributed by atoms with Crippen LogP contribution in [0.4, 0.5) is 0 Å². The van der Waals surface area contributed by atoms with Gasteiger partial charge in [-0.2, -0.15) is 0 Å². The van der Waals surface area contributed by atoms with Gasteiger partial charge in [-0.15, -0.1) is 0 Å². The monoisotopic (exact) mass is 317 g/mol. The van der Waals surface area contributed by atoms with Crippen LogP contribution in [0.3, 0.4) is 0 Å². The smallest absolute Gasteiger partial charge is 0.218 e. The Kier molecular flexibility index (Phi) is 4.85. The third-order valence-corrected chi connectivity index (χ3v) is 4.48. The maximum Gasteiger partial charge on any atom is 0.218 e. The lowest BCUT2D eigenvalue weighted by Crippen LogP contribution is -2.28. The van der Waals surface area contributed by atoms with Crippen molar-refractivity contribution < 1.29 is 9.47 Å². The fourth-order valence-corrected chi connectivity index (χ4v) is 3.09. The molecule has 126 valence electrons. The van der Waals surface area contributed by atoms with Crippen LogP contribution in [0, 0.1) is 0 Å². The number of nitrogens with zero attached hydrogens (tertiary/aromatic N) is 3. The second-order valence-corrected chi connectivity index (χ2v) is 7.13. The molecule has 0 saturated carbocycles. The van der Waals surface area contributed by atoms with Crippen molar-refractivity contribution in [2.24, 2.45) is 4.99 Å². The van der Waals surface area contributed by atoms with E-state index >= 15 is 0 Å². The number of aromatic nitrogens is 1. The molecular weight excluding hydrogens is 290 g/mol.